The summed E-state index contributed by atoms with van der Waals surface area (Å²) in [5, 5.41) is 7.93. The predicted molar refractivity (Wildman–Crippen MR) is 88.1 cm³/mol. The fourth-order valence-corrected chi connectivity index (χ4v) is 3.49. The number of nitrogens with one attached hydrogen (secondary N) is 2. The zero-order valence-electron chi connectivity index (χ0n) is 13.4. The van der Waals surface area contributed by atoms with Gasteiger partial charge in [-0.2, -0.15) is 0 Å². The molecule has 0 radical (unpaired) electrons. The molecule has 6 heteroatoms. The summed E-state index contributed by atoms with van der Waals surface area (Å²) in [5.41, 5.74) is 1.21. The molecule has 0 amide bonds. The molecule has 0 atom stereocenters. The number of aryl methyl sites for hydroxylation is 1. The van der Waals surface area contributed by atoms with Crippen molar-refractivity contribution >= 4 is 17.3 Å². The number of guanidine groups is 1. The lowest BCUT2D eigenvalue weighted by atomic mass is 10.1. The molecule has 0 saturated carbocycles. The third kappa shape index (κ3) is 4.68. The van der Waals surface area contributed by atoms with E-state index in [1.165, 1.54) is 10.6 Å². The third-order valence-electron chi connectivity index (χ3n) is 3.62. The van der Waals surface area contributed by atoms with Gasteiger partial charge in [0.25, 0.3) is 0 Å². The van der Waals surface area contributed by atoms with E-state index in [0.29, 0.717) is 12.0 Å². The summed E-state index contributed by atoms with van der Waals surface area (Å²) in [6.45, 7) is 8.90. The lowest BCUT2D eigenvalue weighted by Crippen LogP contribution is -2.45. The summed E-state index contributed by atoms with van der Waals surface area (Å²) >= 11 is 1.76. The Labute approximate surface area is 131 Å². The quantitative estimate of drug-likeness (QED) is 0.662. The van der Waals surface area contributed by atoms with E-state index in [0.717, 1.165) is 43.6 Å². The fourth-order valence-electron chi connectivity index (χ4n) is 2.47. The maximum Gasteiger partial charge on any atom is 0.191 e. The van der Waals surface area contributed by atoms with Crippen LogP contribution in [0.3, 0.4) is 0 Å². The van der Waals surface area contributed by atoms with E-state index in [-0.39, 0.29) is 0 Å². The monoisotopic (exact) mass is 310 g/mol. The van der Waals surface area contributed by atoms with Crippen molar-refractivity contribution in [3.05, 3.63) is 15.6 Å². The second-order valence-electron chi connectivity index (χ2n) is 5.66. The smallest absolute Gasteiger partial charge is 0.191 e. The molecule has 2 heterocycles. The molecular formula is C15H26N4OS. The Bertz CT molecular complexity index is 478. The van der Waals surface area contributed by atoms with Gasteiger partial charge in [0.1, 0.15) is 5.01 Å². The number of thiazole rings is 1. The molecule has 0 bridgehead atoms. The molecular weight excluding hydrogens is 284 g/mol. The van der Waals surface area contributed by atoms with Crippen molar-refractivity contribution < 1.29 is 4.74 Å². The van der Waals surface area contributed by atoms with Crippen LogP contribution >= 0.6 is 11.3 Å². The van der Waals surface area contributed by atoms with Crippen molar-refractivity contribution in [2.45, 2.75) is 52.1 Å². The van der Waals surface area contributed by atoms with Gasteiger partial charge in [-0.05, 0) is 25.7 Å². The van der Waals surface area contributed by atoms with Crippen LogP contribution in [-0.2, 0) is 11.3 Å². The Morgan fingerprint density at radius 3 is 2.71 bits per heavy atom. The Kier molecular flexibility index (Phi) is 5.99. The van der Waals surface area contributed by atoms with Gasteiger partial charge in [0.15, 0.2) is 5.96 Å². The lowest BCUT2D eigenvalue weighted by Gasteiger charge is -2.24. The van der Waals surface area contributed by atoms with E-state index < -0.39 is 0 Å². The normalized spacial score (nSPS) is 17.3. The van der Waals surface area contributed by atoms with Gasteiger partial charge in [-0.25, -0.2) is 4.98 Å². The molecule has 1 aromatic rings. The second-order valence-corrected chi connectivity index (χ2v) is 6.95. The number of rotatable bonds is 4. The highest BCUT2D eigenvalue weighted by atomic mass is 32.1. The molecule has 1 aliphatic rings. The molecule has 118 valence electrons. The minimum absolute atomic E-state index is 0.453. The zero-order chi connectivity index (χ0) is 15.2. The highest BCUT2D eigenvalue weighted by Crippen LogP contribution is 2.23. The van der Waals surface area contributed by atoms with Crippen LogP contribution in [0.5, 0.6) is 0 Å². The first-order valence-corrected chi connectivity index (χ1v) is 8.43. The standard InChI is InChI=1S/C15H26N4OS/c1-10(2)14-11(3)21-13(19-14)9-17-15(16-4)18-12-5-7-20-8-6-12/h10,12H,5-9H2,1-4H3,(H2,16,17,18). The van der Waals surface area contributed by atoms with E-state index in [2.05, 4.69) is 36.4 Å². The lowest BCUT2D eigenvalue weighted by molar-refractivity contribution is 0.0822. The molecule has 0 aromatic carbocycles. The van der Waals surface area contributed by atoms with E-state index >= 15 is 0 Å². The first-order chi connectivity index (χ1) is 10.1. The average Bonchev–Trinajstić information content (AvgIpc) is 2.86. The molecule has 1 aromatic heterocycles. The maximum atomic E-state index is 5.37. The minimum Gasteiger partial charge on any atom is -0.381 e. The molecule has 5 nitrogen and oxygen atoms in total. The van der Waals surface area contributed by atoms with Gasteiger partial charge in [0, 0.05) is 31.2 Å². The van der Waals surface area contributed by atoms with E-state index in [4.69, 9.17) is 9.72 Å². The van der Waals surface area contributed by atoms with Crippen LogP contribution in [0.4, 0.5) is 0 Å². The molecule has 21 heavy (non-hydrogen) atoms. The van der Waals surface area contributed by atoms with E-state index in [1.54, 1.807) is 18.4 Å². The molecule has 1 saturated heterocycles. The topological polar surface area (TPSA) is 58.5 Å². The van der Waals surface area contributed by atoms with Crippen LogP contribution in [0.2, 0.25) is 0 Å². The molecule has 1 aliphatic heterocycles. The van der Waals surface area contributed by atoms with Crippen molar-refractivity contribution in [3.8, 4) is 0 Å². The Morgan fingerprint density at radius 2 is 2.14 bits per heavy atom. The van der Waals surface area contributed by atoms with Crippen LogP contribution < -0.4 is 10.6 Å². The first-order valence-electron chi connectivity index (χ1n) is 7.61. The second kappa shape index (κ2) is 7.75. The van der Waals surface area contributed by atoms with Gasteiger partial charge in [0.2, 0.25) is 0 Å². The van der Waals surface area contributed by atoms with Crippen LogP contribution in [0.25, 0.3) is 0 Å². The molecule has 0 spiro atoms. The first kappa shape index (κ1) is 16.2. The van der Waals surface area contributed by atoms with Crippen molar-refractivity contribution in [3.63, 3.8) is 0 Å². The van der Waals surface area contributed by atoms with Gasteiger partial charge in [0.05, 0.1) is 12.2 Å². The van der Waals surface area contributed by atoms with Gasteiger partial charge in [-0.3, -0.25) is 4.99 Å². The SMILES string of the molecule is CN=C(NCc1nc(C(C)C)c(C)s1)NC1CCOCC1. The number of aromatic nitrogens is 1. The molecule has 0 aliphatic carbocycles. The summed E-state index contributed by atoms with van der Waals surface area (Å²) in [6.07, 6.45) is 2.07. The van der Waals surface area contributed by atoms with Gasteiger partial charge in [-0.1, -0.05) is 13.8 Å². The number of ether oxygens (including phenoxy) is 1. The summed E-state index contributed by atoms with van der Waals surface area (Å²) in [5.74, 6) is 1.33. The number of hydrogen-bond acceptors (Lipinski definition) is 4. The molecule has 1 fully saturated rings. The Morgan fingerprint density at radius 1 is 1.43 bits per heavy atom. The van der Waals surface area contributed by atoms with Gasteiger partial charge in [-0.15, -0.1) is 11.3 Å². The molecule has 2 N–H and O–H groups in total. The van der Waals surface area contributed by atoms with Crippen LogP contribution in [-0.4, -0.2) is 37.2 Å². The van der Waals surface area contributed by atoms with Crippen molar-refractivity contribution in [2.75, 3.05) is 20.3 Å². The van der Waals surface area contributed by atoms with Crippen LogP contribution in [0, 0.1) is 6.92 Å². The van der Waals surface area contributed by atoms with Crippen molar-refractivity contribution in [1.29, 1.82) is 0 Å². The number of hydrogen-bond donors (Lipinski definition) is 2. The highest BCUT2D eigenvalue weighted by molar-refractivity contribution is 7.11. The summed E-state index contributed by atoms with van der Waals surface area (Å²) in [6, 6.07) is 0.453. The third-order valence-corrected chi connectivity index (χ3v) is 4.60. The van der Waals surface area contributed by atoms with Crippen molar-refractivity contribution in [1.82, 2.24) is 15.6 Å². The zero-order valence-corrected chi connectivity index (χ0v) is 14.2. The number of nitrogens with zero attached hydrogens (tertiary/aromatic N) is 2. The number of aliphatic imine (C=N–C) groups is 1. The van der Waals surface area contributed by atoms with E-state index in [1.807, 2.05) is 0 Å². The molecule has 2 rings (SSSR count). The predicted octanol–water partition coefficient (Wildman–Crippen LogP) is 2.42. The van der Waals surface area contributed by atoms with Crippen LogP contribution in [0.15, 0.2) is 4.99 Å². The largest absolute Gasteiger partial charge is 0.381 e. The molecule has 0 unspecified atom stereocenters. The summed E-state index contributed by atoms with van der Waals surface area (Å²) in [4.78, 5) is 10.3. The van der Waals surface area contributed by atoms with Crippen LogP contribution in [0.1, 0.15) is 48.2 Å². The van der Waals surface area contributed by atoms with Gasteiger partial charge >= 0.3 is 0 Å². The summed E-state index contributed by atoms with van der Waals surface area (Å²) in [7, 11) is 1.81. The van der Waals surface area contributed by atoms with Crippen molar-refractivity contribution in [2.24, 2.45) is 4.99 Å². The highest BCUT2D eigenvalue weighted by Gasteiger charge is 2.15. The van der Waals surface area contributed by atoms with E-state index in [9.17, 15) is 0 Å². The van der Waals surface area contributed by atoms with Gasteiger partial charge < -0.3 is 15.4 Å². The fraction of sp³-hybridized carbons (Fsp3) is 0.733. The average molecular weight is 310 g/mol. The summed E-state index contributed by atoms with van der Waals surface area (Å²) < 4.78 is 5.37. The maximum absolute atomic E-state index is 5.37. The minimum atomic E-state index is 0.453. The Hall–Kier alpha value is -1.14. The Balaban J connectivity index is 1.86.